The highest BCUT2D eigenvalue weighted by Gasteiger charge is 2.41. The van der Waals surface area contributed by atoms with Crippen LogP contribution in [0.3, 0.4) is 0 Å². The zero-order chi connectivity index (χ0) is 12.6. The van der Waals surface area contributed by atoms with E-state index in [1.807, 2.05) is 0 Å². The topological polar surface area (TPSA) is 132 Å². The Morgan fingerprint density at radius 1 is 1.41 bits per heavy atom. The number of rotatable bonds is 2. The Hall–Kier alpha value is -0.770. The van der Waals surface area contributed by atoms with Crippen molar-refractivity contribution < 1.29 is 15.0 Å². The van der Waals surface area contributed by atoms with Gasteiger partial charge in [-0.15, -0.1) is 0 Å². The fraction of sp³-hybridized carbons (Fsp3) is 0.889. The van der Waals surface area contributed by atoms with Crippen molar-refractivity contribution in [2.75, 3.05) is 6.54 Å². The van der Waals surface area contributed by atoms with E-state index in [0.29, 0.717) is 6.54 Å². The molecule has 0 aromatic rings. The summed E-state index contributed by atoms with van der Waals surface area (Å²) in [5.41, 5.74) is 5.57. The molecule has 2 saturated heterocycles. The van der Waals surface area contributed by atoms with Crippen molar-refractivity contribution in [3.05, 3.63) is 0 Å². The van der Waals surface area contributed by atoms with Crippen LogP contribution in [0, 0.1) is 0 Å². The average molecular weight is 245 g/mol. The highest BCUT2D eigenvalue weighted by atomic mass is 16.3. The Bertz CT molecular complexity index is 300. The maximum Gasteiger partial charge on any atom is 0.242 e. The molecule has 17 heavy (non-hydrogen) atoms. The highest BCUT2D eigenvalue weighted by molar-refractivity contribution is 5.83. The van der Waals surface area contributed by atoms with E-state index in [0.717, 1.165) is 0 Å². The average Bonchev–Trinajstić information content (AvgIpc) is 2.27. The molecule has 8 N–H and O–H groups in total. The number of amides is 1. The quantitative estimate of drug-likeness (QED) is 0.263. The summed E-state index contributed by atoms with van der Waals surface area (Å²) in [6, 6.07) is -0.889. The molecule has 0 aromatic heterocycles. The molecule has 0 radical (unpaired) electrons. The van der Waals surface area contributed by atoms with Crippen LogP contribution in [-0.2, 0) is 4.79 Å². The number of aliphatic hydroxyl groups is 2. The number of nitrogens with one attached hydrogen (secondary N) is 4. The number of aliphatic hydroxyl groups excluding tert-OH is 2. The van der Waals surface area contributed by atoms with Crippen molar-refractivity contribution in [3.63, 3.8) is 0 Å². The zero-order valence-electron chi connectivity index (χ0n) is 9.55. The van der Waals surface area contributed by atoms with Crippen LogP contribution in [0.2, 0.25) is 0 Å². The summed E-state index contributed by atoms with van der Waals surface area (Å²) < 4.78 is 0. The van der Waals surface area contributed by atoms with E-state index in [9.17, 15) is 15.0 Å². The van der Waals surface area contributed by atoms with Crippen LogP contribution >= 0.6 is 0 Å². The highest BCUT2D eigenvalue weighted by Crippen LogP contribution is 2.09. The summed E-state index contributed by atoms with van der Waals surface area (Å²) in [6.07, 6.45) is -2.62. The fourth-order valence-corrected chi connectivity index (χ4v) is 2.17. The van der Waals surface area contributed by atoms with Gasteiger partial charge in [-0.05, 0) is 6.92 Å². The molecule has 2 aliphatic heterocycles. The van der Waals surface area contributed by atoms with Gasteiger partial charge >= 0.3 is 0 Å². The first-order valence-electron chi connectivity index (χ1n) is 5.66. The molecule has 2 heterocycles. The summed E-state index contributed by atoms with van der Waals surface area (Å²) >= 11 is 0. The number of nitrogens with two attached hydrogens (primary N) is 1. The van der Waals surface area contributed by atoms with Crippen LogP contribution in [0.15, 0.2) is 0 Å². The molecule has 98 valence electrons. The molecule has 8 heteroatoms. The molecule has 0 spiro atoms. The molecule has 0 aliphatic carbocycles. The molecule has 6 atom stereocenters. The number of hydrogen-bond donors (Lipinski definition) is 7. The van der Waals surface area contributed by atoms with E-state index in [-0.39, 0.29) is 18.1 Å². The standard InChI is InChI=1S/C9H19N5O3/c1-3(15)6(16)4-2-11-7-5(12-4)8(17)14-9(10)13-7/h3-7,9,11-13,15-16H,2,10H2,1H3,(H,14,17)/t3-,4?,5?,6-,7?,9?/m1/s1. The molecule has 1 amide bonds. The van der Waals surface area contributed by atoms with Crippen molar-refractivity contribution in [3.8, 4) is 0 Å². The molecule has 2 fully saturated rings. The Morgan fingerprint density at radius 3 is 2.76 bits per heavy atom. The Kier molecular flexibility index (Phi) is 3.61. The first-order chi connectivity index (χ1) is 7.99. The minimum atomic E-state index is -0.924. The van der Waals surface area contributed by atoms with Gasteiger partial charge in [0.1, 0.15) is 12.3 Å². The van der Waals surface area contributed by atoms with E-state index >= 15 is 0 Å². The van der Waals surface area contributed by atoms with Crippen LogP contribution in [0.25, 0.3) is 0 Å². The van der Waals surface area contributed by atoms with E-state index < -0.39 is 24.5 Å². The van der Waals surface area contributed by atoms with Crippen molar-refractivity contribution in [2.24, 2.45) is 5.73 Å². The monoisotopic (exact) mass is 245 g/mol. The summed E-state index contributed by atoms with van der Waals surface area (Å²) in [4.78, 5) is 11.7. The third kappa shape index (κ3) is 2.57. The van der Waals surface area contributed by atoms with Gasteiger partial charge in [-0.2, -0.15) is 0 Å². The molecule has 4 unspecified atom stereocenters. The zero-order valence-corrected chi connectivity index (χ0v) is 9.55. The Morgan fingerprint density at radius 2 is 2.12 bits per heavy atom. The lowest BCUT2D eigenvalue weighted by Crippen LogP contribution is -2.79. The van der Waals surface area contributed by atoms with E-state index in [1.54, 1.807) is 0 Å². The van der Waals surface area contributed by atoms with Crippen LogP contribution in [0.1, 0.15) is 6.92 Å². The van der Waals surface area contributed by atoms with Gasteiger partial charge < -0.3 is 15.5 Å². The third-order valence-electron chi connectivity index (χ3n) is 3.13. The fourth-order valence-electron chi connectivity index (χ4n) is 2.17. The molecular weight excluding hydrogens is 226 g/mol. The van der Waals surface area contributed by atoms with Crippen LogP contribution in [0.4, 0.5) is 0 Å². The summed E-state index contributed by atoms with van der Waals surface area (Å²) in [7, 11) is 0. The largest absolute Gasteiger partial charge is 0.391 e. The molecular formula is C9H19N5O3. The molecule has 8 nitrogen and oxygen atoms in total. The maximum absolute atomic E-state index is 11.7. The lowest BCUT2D eigenvalue weighted by atomic mass is 9.99. The van der Waals surface area contributed by atoms with Crippen molar-refractivity contribution in [2.45, 2.75) is 43.7 Å². The molecule has 2 rings (SSSR count). The van der Waals surface area contributed by atoms with Gasteiger partial charge in [0.05, 0.1) is 18.4 Å². The summed E-state index contributed by atoms with van der Waals surface area (Å²) in [5.74, 6) is -0.226. The number of hydrogen-bond acceptors (Lipinski definition) is 7. The van der Waals surface area contributed by atoms with Gasteiger partial charge in [-0.1, -0.05) is 0 Å². The number of carbonyl (C=O) groups excluding carboxylic acids is 1. The number of piperazine rings is 1. The second-order valence-electron chi connectivity index (χ2n) is 4.52. The van der Waals surface area contributed by atoms with Crippen LogP contribution < -0.4 is 27.0 Å². The van der Waals surface area contributed by atoms with Crippen molar-refractivity contribution >= 4 is 5.91 Å². The molecule has 0 aromatic carbocycles. The molecule has 2 aliphatic rings. The maximum atomic E-state index is 11.7. The molecule has 0 saturated carbocycles. The lowest BCUT2D eigenvalue weighted by Gasteiger charge is -2.44. The third-order valence-corrected chi connectivity index (χ3v) is 3.13. The lowest BCUT2D eigenvalue weighted by molar-refractivity contribution is -0.129. The first kappa shape index (κ1) is 12.7. The number of fused-ring (bicyclic) bond motifs is 1. The minimum Gasteiger partial charge on any atom is -0.391 e. The van der Waals surface area contributed by atoms with Gasteiger partial charge in [0.15, 0.2) is 0 Å². The predicted octanol–water partition coefficient (Wildman–Crippen LogP) is -4.05. The second kappa shape index (κ2) is 4.84. The van der Waals surface area contributed by atoms with Gasteiger partial charge in [0, 0.05) is 12.6 Å². The SMILES string of the molecule is C[C@@H](O)[C@@H](O)C1CNC2NC(N)NC(=O)C2N1. The normalized spacial score (nSPS) is 41.3. The van der Waals surface area contributed by atoms with Crippen molar-refractivity contribution in [1.82, 2.24) is 21.3 Å². The van der Waals surface area contributed by atoms with Crippen LogP contribution in [-0.4, -0.2) is 59.4 Å². The second-order valence-corrected chi connectivity index (χ2v) is 4.52. The predicted molar refractivity (Wildman–Crippen MR) is 59.4 cm³/mol. The number of carbonyl (C=O) groups is 1. The van der Waals surface area contributed by atoms with E-state index in [1.165, 1.54) is 6.92 Å². The van der Waals surface area contributed by atoms with Gasteiger partial charge in [-0.3, -0.25) is 26.5 Å². The first-order valence-corrected chi connectivity index (χ1v) is 5.66. The van der Waals surface area contributed by atoms with Crippen molar-refractivity contribution in [1.29, 1.82) is 0 Å². The summed E-state index contributed by atoms with van der Waals surface area (Å²) in [5, 5.41) is 30.7. The van der Waals surface area contributed by atoms with Crippen LogP contribution in [0.5, 0.6) is 0 Å². The van der Waals surface area contributed by atoms with Gasteiger partial charge in [0.25, 0.3) is 0 Å². The van der Waals surface area contributed by atoms with E-state index in [4.69, 9.17) is 5.73 Å². The van der Waals surface area contributed by atoms with E-state index in [2.05, 4.69) is 21.3 Å². The smallest absolute Gasteiger partial charge is 0.242 e. The Balaban J connectivity index is 2.01. The van der Waals surface area contributed by atoms with Gasteiger partial charge in [0.2, 0.25) is 5.91 Å². The summed E-state index contributed by atoms with van der Waals surface area (Å²) in [6.45, 7) is 1.95. The van der Waals surface area contributed by atoms with Gasteiger partial charge in [-0.25, -0.2) is 0 Å². The Labute approximate surface area is 98.9 Å². The molecule has 0 bridgehead atoms. The minimum absolute atomic E-state index is 0.226.